The molecule has 2 aliphatic rings. The predicted octanol–water partition coefficient (Wildman–Crippen LogP) is 3.89. The number of para-hydroxylation sites is 1. The molecule has 0 radical (unpaired) electrons. The molecule has 2 aliphatic heterocycles. The van der Waals surface area contributed by atoms with Gasteiger partial charge in [-0.05, 0) is 37.5 Å². The van der Waals surface area contributed by atoms with E-state index in [-0.39, 0.29) is 17.8 Å². The molecule has 0 unspecified atom stereocenters. The Bertz CT molecular complexity index is 1150. The number of likely N-dealkylation sites (tertiary alicyclic amines) is 1. The molecule has 3 aromatic rings. The van der Waals surface area contributed by atoms with Gasteiger partial charge < -0.3 is 14.2 Å². The molecule has 7 heteroatoms. The molecule has 0 aliphatic carbocycles. The van der Waals surface area contributed by atoms with Crippen molar-refractivity contribution in [1.82, 2.24) is 14.7 Å². The van der Waals surface area contributed by atoms with Gasteiger partial charge in [0, 0.05) is 31.6 Å². The Labute approximate surface area is 186 Å². The highest BCUT2D eigenvalue weighted by Crippen LogP contribution is 2.38. The molecule has 0 N–H and O–H groups in total. The lowest BCUT2D eigenvalue weighted by Gasteiger charge is -2.42. The van der Waals surface area contributed by atoms with Gasteiger partial charge in [-0.25, -0.2) is 4.79 Å². The molecule has 7 nitrogen and oxygen atoms in total. The number of benzene rings is 2. The molecule has 2 fully saturated rings. The summed E-state index contributed by atoms with van der Waals surface area (Å²) in [6.45, 7) is 3.30. The standard InChI is InChI=1S/C25H25N3O4/c1-2-27-23(30)25(28(24(27)31)17-18-8-4-3-5-9-18)12-14-26(15-13-25)22(29)21-16-19-10-6-7-11-20(19)32-21/h3-11,16H,2,12-15,17H2,1H3. The van der Waals surface area contributed by atoms with Crippen LogP contribution in [0.2, 0.25) is 0 Å². The summed E-state index contributed by atoms with van der Waals surface area (Å²) in [5.41, 5.74) is 0.744. The number of fused-ring (bicyclic) bond motifs is 1. The third-order valence-electron chi connectivity index (χ3n) is 6.64. The zero-order chi connectivity index (χ0) is 22.3. The molecule has 32 heavy (non-hydrogen) atoms. The van der Waals surface area contributed by atoms with Crippen molar-refractivity contribution in [2.75, 3.05) is 19.6 Å². The van der Waals surface area contributed by atoms with Gasteiger partial charge in [0.15, 0.2) is 5.76 Å². The predicted molar refractivity (Wildman–Crippen MR) is 119 cm³/mol. The van der Waals surface area contributed by atoms with Crippen LogP contribution in [0.15, 0.2) is 65.1 Å². The Hall–Kier alpha value is -3.61. The monoisotopic (exact) mass is 431 g/mol. The molecular weight excluding hydrogens is 406 g/mol. The summed E-state index contributed by atoms with van der Waals surface area (Å²) in [5, 5.41) is 0.883. The summed E-state index contributed by atoms with van der Waals surface area (Å²) in [4.78, 5) is 44.3. The Morgan fingerprint density at radius 3 is 2.38 bits per heavy atom. The van der Waals surface area contributed by atoms with Crippen LogP contribution in [-0.4, -0.2) is 57.7 Å². The van der Waals surface area contributed by atoms with Gasteiger partial charge in [-0.3, -0.25) is 14.5 Å². The van der Waals surface area contributed by atoms with Crippen molar-refractivity contribution in [1.29, 1.82) is 0 Å². The molecule has 1 spiro atoms. The molecule has 0 bridgehead atoms. The number of imide groups is 1. The second-order valence-electron chi connectivity index (χ2n) is 8.38. The van der Waals surface area contributed by atoms with Gasteiger partial charge in [0.25, 0.3) is 11.8 Å². The molecule has 2 saturated heterocycles. The molecule has 0 atom stereocenters. The van der Waals surface area contributed by atoms with E-state index in [1.807, 2.05) is 61.5 Å². The van der Waals surface area contributed by atoms with E-state index >= 15 is 0 Å². The number of likely N-dealkylation sites (N-methyl/N-ethyl adjacent to an activating group) is 1. The Morgan fingerprint density at radius 2 is 1.69 bits per heavy atom. The summed E-state index contributed by atoms with van der Waals surface area (Å²) in [6, 6.07) is 18.7. The topological polar surface area (TPSA) is 74.1 Å². The fourth-order valence-corrected chi connectivity index (χ4v) is 4.85. The van der Waals surface area contributed by atoms with E-state index in [0.717, 1.165) is 10.9 Å². The van der Waals surface area contributed by atoms with Crippen molar-refractivity contribution >= 4 is 28.8 Å². The highest BCUT2D eigenvalue weighted by Gasteiger charge is 2.57. The van der Waals surface area contributed by atoms with Gasteiger partial charge >= 0.3 is 6.03 Å². The first-order valence-corrected chi connectivity index (χ1v) is 11.0. The van der Waals surface area contributed by atoms with Gasteiger partial charge in [-0.2, -0.15) is 0 Å². The van der Waals surface area contributed by atoms with Crippen molar-refractivity contribution < 1.29 is 18.8 Å². The molecule has 4 amide bonds. The largest absolute Gasteiger partial charge is 0.451 e. The van der Waals surface area contributed by atoms with Crippen molar-refractivity contribution in [3.8, 4) is 0 Å². The number of hydrogen-bond acceptors (Lipinski definition) is 4. The number of rotatable bonds is 4. The van der Waals surface area contributed by atoms with Gasteiger partial charge in [-0.1, -0.05) is 48.5 Å². The molecule has 0 saturated carbocycles. The number of amides is 4. The van der Waals surface area contributed by atoms with E-state index < -0.39 is 5.54 Å². The van der Waals surface area contributed by atoms with Crippen LogP contribution in [0.5, 0.6) is 0 Å². The SMILES string of the molecule is CCN1C(=O)N(Cc2ccccc2)C2(CCN(C(=O)c3cc4ccccc4o3)CC2)C1=O. The van der Waals surface area contributed by atoms with E-state index in [4.69, 9.17) is 4.42 Å². The third kappa shape index (κ3) is 3.16. The number of hydrogen-bond donors (Lipinski definition) is 0. The normalized spacial score (nSPS) is 18.2. The van der Waals surface area contributed by atoms with E-state index in [1.165, 1.54) is 4.90 Å². The third-order valence-corrected chi connectivity index (χ3v) is 6.64. The Balaban J connectivity index is 1.38. The zero-order valence-corrected chi connectivity index (χ0v) is 18.0. The van der Waals surface area contributed by atoms with E-state index in [2.05, 4.69) is 0 Å². The van der Waals surface area contributed by atoms with Crippen LogP contribution in [0.1, 0.15) is 35.9 Å². The Morgan fingerprint density at radius 1 is 1.00 bits per heavy atom. The molecule has 164 valence electrons. The van der Waals surface area contributed by atoms with Crippen LogP contribution < -0.4 is 0 Å². The first-order chi connectivity index (χ1) is 15.5. The van der Waals surface area contributed by atoms with Crippen molar-refractivity contribution in [2.24, 2.45) is 0 Å². The summed E-state index contributed by atoms with van der Waals surface area (Å²) >= 11 is 0. The van der Waals surface area contributed by atoms with Crippen LogP contribution in [0.25, 0.3) is 11.0 Å². The summed E-state index contributed by atoms with van der Waals surface area (Å²) in [6.07, 6.45) is 0.819. The lowest BCUT2D eigenvalue weighted by molar-refractivity contribution is -0.135. The molecular formula is C25H25N3O4. The number of urea groups is 1. The number of piperidine rings is 1. The van der Waals surface area contributed by atoms with Gasteiger partial charge in [0.05, 0.1) is 0 Å². The maximum absolute atomic E-state index is 13.3. The van der Waals surface area contributed by atoms with Gasteiger partial charge in [-0.15, -0.1) is 0 Å². The van der Waals surface area contributed by atoms with E-state index in [1.54, 1.807) is 15.9 Å². The minimum atomic E-state index is -0.909. The number of furan rings is 1. The van der Waals surface area contributed by atoms with Crippen molar-refractivity contribution in [3.05, 3.63) is 72.0 Å². The quantitative estimate of drug-likeness (QED) is 0.588. The average Bonchev–Trinajstić information content (AvgIpc) is 3.34. The zero-order valence-electron chi connectivity index (χ0n) is 18.0. The minimum Gasteiger partial charge on any atom is -0.451 e. The maximum Gasteiger partial charge on any atom is 0.327 e. The van der Waals surface area contributed by atoms with Crippen LogP contribution in [0.4, 0.5) is 4.79 Å². The summed E-state index contributed by atoms with van der Waals surface area (Å²) < 4.78 is 5.74. The summed E-state index contributed by atoms with van der Waals surface area (Å²) in [5.74, 6) is -0.0427. The minimum absolute atomic E-state index is 0.156. The molecule has 5 rings (SSSR count). The van der Waals surface area contributed by atoms with Crippen LogP contribution in [0, 0.1) is 0 Å². The highest BCUT2D eigenvalue weighted by atomic mass is 16.3. The first kappa shape index (κ1) is 20.3. The number of carbonyl (C=O) groups excluding carboxylic acids is 3. The van der Waals surface area contributed by atoms with Crippen molar-refractivity contribution in [2.45, 2.75) is 31.8 Å². The van der Waals surface area contributed by atoms with E-state index in [0.29, 0.717) is 50.4 Å². The Kier molecular flexibility index (Phi) is 4.96. The second kappa shape index (κ2) is 7.82. The van der Waals surface area contributed by atoms with Gasteiger partial charge in [0.1, 0.15) is 11.1 Å². The smallest absolute Gasteiger partial charge is 0.327 e. The molecule has 3 heterocycles. The lowest BCUT2D eigenvalue weighted by atomic mass is 9.85. The van der Waals surface area contributed by atoms with Crippen LogP contribution in [-0.2, 0) is 11.3 Å². The fraction of sp³-hybridized carbons (Fsp3) is 0.320. The lowest BCUT2D eigenvalue weighted by Crippen LogP contribution is -2.57. The van der Waals surface area contributed by atoms with Gasteiger partial charge in [0.2, 0.25) is 0 Å². The van der Waals surface area contributed by atoms with Crippen molar-refractivity contribution in [3.63, 3.8) is 0 Å². The highest BCUT2D eigenvalue weighted by molar-refractivity contribution is 6.07. The second-order valence-corrected chi connectivity index (χ2v) is 8.38. The summed E-state index contributed by atoms with van der Waals surface area (Å²) in [7, 11) is 0. The molecule has 2 aromatic carbocycles. The average molecular weight is 431 g/mol. The van der Waals surface area contributed by atoms with E-state index in [9.17, 15) is 14.4 Å². The number of nitrogens with zero attached hydrogens (tertiary/aromatic N) is 3. The van der Waals surface area contributed by atoms with Crippen LogP contribution in [0.3, 0.4) is 0 Å². The first-order valence-electron chi connectivity index (χ1n) is 11.0. The van der Waals surface area contributed by atoms with Crippen LogP contribution >= 0.6 is 0 Å². The molecule has 1 aromatic heterocycles. The number of carbonyl (C=O) groups is 3. The fourth-order valence-electron chi connectivity index (χ4n) is 4.85. The maximum atomic E-state index is 13.3.